The van der Waals surface area contributed by atoms with E-state index in [1.807, 2.05) is 19.1 Å². The van der Waals surface area contributed by atoms with Crippen molar-refractivity contribution in [2.45, 2.75) is 51.5 Å². The first-order valence-electron chi connectivity index (χ1n) is 9.82. The summed E-state index contributed by atoms with van der Waals surface area (Å²) in [7, 11) is 0. The molecule has 0 aliphatic heterocycles. The largest absolute Gasteiger partial charge is 0.469 e. The number of aromatic nitrogens is 2. The Kier molecular flexibility index (Phi) is 5.28. The molecule has 28 heavy (non-hydrogen) atoms. The van der Waals surface area contributed by atoms with E-state index in [9.17, 15) is 9.18 Å². The van der Waals surface area contributed by atoms with Crippen LogP contribution in [-0.4, -0.2) is 21.7 Å². The van der Waals surface area contributed by atoms with Gasteiger partial charge in [-0.3, -0.25) is 4.79 Å². The molecule has 0 bridgehead atoms. The van der Waals surface area contributed by atoms with Gasteiger partial charge >= 0.3 is 0 Å². The first-order valence-corrected chi connectivity index (χ1v) is 9.82. The van der Waals surface area contributed by atoms with E-state index in [4.69, 9.17) is 4.42 Å². The predicted molar refractivity (Wildman–Crippen MR) is 104 cm³/mol. The highest BCUT2D eigenvalue weighted by molar-refractivity contribution is 5.94. The predicted octanol–water partition coefficient (Wildman–Crippen LogP) is 4.23. The van der Waals surface area contributed by atoms with Crippen LogP contribution in [0.1, 0.15) is 53.7 Å². The maximum Gasteiger partial charge on any atom is 0.272 e. The number of nitrogens with one attached hydrogen (secondary N) is 1. The van der Waals surface area contributed by atoms with E-state index >= 15 is 0 Å². The maximum absolute atomic E-state index is 13.3. The van der Waals surface area contributed by atoms with Crippen molar-refractivity contribution in [3.8, 4) is 5.69 Å². The number of fused-ring (bicyclic) bond motifs is 1. The van der Waals surface area contributed by atoms with E-state index in [1.165, 1.54) is 12.1 Å². The van der Waals surface area contributed by atoms with Crippen LogP contribution in [0.2, 0.25) is 0 Å². The number of furan rings is 1. The van der Waals surface area contributed by atoms with Crippen LogP contribution in [0.5, 0.6) is 0 Å². The van der Waals surface area contributed by atoms with Crippen molar-refractivity contribution >= 4 is 5.91 Å². The number of rotatable bonds is 6. The standard InChI is InChI=1S/C22H24FN3O2/c1-15(8-13-18-5-4-14-28-18)24-22(27)21-19-6-2-3-7-20(19)26(25-21)17-11-9-16(23)10-12-17/h4-5,9-12,14-15H,2-3,6-8,13H2,1H3,(H,24,27). The summed E-state index contributed by atoms with van der Waals surface area (Å²) >= 11 is 0. The lowest BCUT2D eigenvalue weighted by Crippen LogP contribution is -2.33. The van der Waals surface area contributed by atoms with Gasteiger partial charge in [-0.1, -0.05) is 0 Å². The quantitative estimate of drug-likeness (QED) is 0.695. The van der Waals surface area contributed by atoms with E-state index in [0.717, 1.165) is 61.2 Å². The minimum absolute atomic E-state index is 0.00723. The van der Waals surface area contributed by atoms with Crippen LogP contribution in [0.4, 0.5) is 4.39 Å². The molecule has 146 valence electrons. The molecule has 1 unspecified atom stereocenters. The van der Waals surface area contributed by atoms with Crippen LogP contribution in [0, 0.1) is 5.82 Å². The topological polar surface area (TPSA) is 60.1 Å². The molecular weight excluding hydrogens is 357 g/mol. The number of carbonyl (C=O) groups is 1. The van der Waals surface area contributed by atoms with Gasteiger partial charge in [-0.05, 0) is 75.4 Å². The first-order chi connectivity index (χ1) is 13.6. The van der Waals surface area contributed by atoms with Gasteiger partial charge in [-0.25, -0.2) is 9.07 Å². The average Bonchev–Trinajstić information content (AvgIpc) is 3.35. The molecular formula is C22H24FN3O2. The molecule has 1 aliphatic carbocycles. The van der Waals surface area contributed by atoms with Gasteiger partial charge in [0.2, 0.25) is 0 Å². The summed E-state index contributed by atoms with van der Waals surface area (Å²) in [5.41, 5.74) is 3.35. The molecule has 1 N–H and O–H groups in total. The number of carbonyl (C=O) groups excluding carboxylic acids is 1. The molecule has 6 heteroatoms. The summed E-state index contributed by atoms with van der Waals surface area (Å²) in [5, 5.41) is 7.68. The van der Waals surface area contributed by atoms with Crippen molar-refractivity contribution in [3.63, 3.8) is 0 Å². The molecule has 4 rings (SSSR count). The Morgan fingerprint density at radius 1 is 1.25 bits per heavy atom. The van der Waals surface area contributed by atoms with Crippen molar-refractivity contribution in [2.24, 2.45) is 0 Å². The Labute approximate surface area is 163 Å². The molecule has 2 heterocycles. The van der Waals surface area contributed by atoms with Gasteiger partial charge in [0.05, 0.1) is 12.0 Å². The number of aryl methyl sites for hydroxylation is 1. The third-order valence-electron chi connectivity index (χ3n) is 5.25. The lowest BCUT2D eigenvalue weighted by molar-refractivity contribution is 0.0931. The highest BCUT2D eigenvalue weighted by Crippen LogP contribution is 2.27. The number of amides is 1. The number of hydrogen-bond donors (Lipinski definition) is 1. The average molecular weight is 381 g/mol. The van der Waals surface area contributed by atoms with Gasteiger partial charge in [0.25, 0.3) is 5.91 Å². The van der Waals surface area contributed by atoms with E-state index in [0.29, 0.717) is 5.69 Å². The van der Waals surface area contributed by atoms with E-state index in [1.54, 1.807) is 23.1 Å². The third-order valence-corrected chi connectivity index (χ3v) is 5.25. The monoisotopic (exact) mass is 381 g/mol. The van der Waals surface area contributed by atoms with Gasteiger partial charge in [0.1, 0.15) is 11.6 Å². The lowest BCUT2D eigenvalue weighted by Gasteiger charge is -2.15. The Morgan fingerprint density at radius 3 is 2.79 bits per heavy atom. The molecule has 1 aliphatic rings. The zero-order valence-electron chi connectivity index (χ0n) is 16.0. The smallest absolute Gasteiger partial charge is 0.272 e. The molecule has 1 atom stereocenters. The fourth-order valence-corrected chi connectivity index (χ4v) is 3.76. The highest BCUT2D eigenvalue weighted by Gasteiger charge is 2.26. The van der Waals surface area contributed by atoms with Crippen LogP contribution in [0.15, 0.2) is 47.1 Å². The van der Waals surface area contributed by atoms with Gasteiger partial charge in [0, 0.05) is 23.7 Å². The van der Waals surface area contributed by atoms with Gasteiger partial charge in [0.15, 0.2) is 5.69 Å². The molecule has 2 aromatic heterocycles. The van der Waals surface area contributed by atoms with Crippen molar-refractivity contribution in [1.82, 2.24) is 15.1 Å². The number of benzene rings is 1. The Hall–Kier alpha value is -2.89. The second-order valence-electron chi connectivity index (χ2n) is 7.36. The molecule has 5 nitrogen and oxygen atoms in total. The fraction of sp³-hybridized carbons (Fsp3) is 0.364. The highest BCUT2D eigenvalue weighted by atomic mass is 19.1. The van der Waals surface area contributed by atoms with Crippen molar-refractivity contribution in [3.05, 3.63) is 71.2 Å². The second-order valence-corrected chi connectivity index (χ2v) is 7.36. The fourth-order valence-electron chi connectivity index (χ4n) is 3.76. The third kappa shape index (κ3) is 3.86. The zero-order valence-corrected chi connectivity index (χ0v) is 16.0. The summed E-state index contributed by atoms with van der Waals surface area (Å²) in [4.78, 5) is 12.9. The molecule has 0 fully saturated rings. The second kappa shape index (κ2) is 8.00. The number of hydrogen-bond acceptors (Lipinski definition) is 3. The van der Waals surface area contributed by atoms with E-state index < -0.39 is 0 Å². The van der Waals surface area contributed by atoms with Crippen molar-refractivity contribution < 1.29 is 13.6 Å². The zero-order chi connectivity index (χ0) is 19.5. The Bertz CT molecular complexity index is 945. The first kappa shape index (κ1) is 18.5. The van der Waals surface area contributed by atoms with Gasteiger partial charge in [-0.2, -0.15) is 5.10 Å². The number of halogens is 1. The SMILES string of the molecule is CC(CCc1ccco1)NC(=O)c1nn(-c2ccc(F)cc2)c2c1CCCC2. The lowest BCUT2D eigenvalue weighted by atomic mass is 9.95. The van der Waals surface area contributed by atoms with E-state index in [2.05, 4.69) is 10.4 Å². The molecule has 0 saturated heterocycles. The van der Waals surface area contributed by atoms with Crippen LogP contribution in [-0.2, 0) is 19.3 Å². The minimum Gasteiger partial charge on any atom is -0.469 e. The normalized spacial score (nSPS) is 14.5. The van der Waals surface area contributed by atoms with Crippen molar-refractivity contribution in [1.29, 1.82) is 0 Å². The van der Waals surface area contributed by atoms with Crippen LogP contribution < -0.4 is 5.32 Å². The van der Waals surface area contributed by atoms with Crippen LogP contribution in [0.3, 0.4) is 0 Å². The molecule has 0 spiro atoms. The van der Waals surface area contributed by atoms with Gasteiger partial charge in [-0.15, -0.1) is 0 Å². The summed E-state index contributed by atoms with van der Waals surface area (Å²) in [5.74, 6) is 0.484. The summed E-state index contributed by atoms with van der Waals surface area (Å²) in [6, 6.07) is 10.1. The Morgan fingerprint density at radius 2 is 2.04 bits per heavy atom. The number of nitrogens with zero attached hydrogens (tertiary/aromatic N) is 2. The Balaban J connectivity index is 1.53. The van der Waals surface area contributed by atoms with Crippen molar-refractivity contribution in [2.75, 3.05) is 0 Å². The maximum atomic E-state index is 13.3. The van der Waals surface area contributed by atoms with E-state index in [-0.39, 0.29) is 17.8 Å². The minimum atomic E-state index is -0.284. The summed E-state index contributed by atoms with van der Waals surface area (Å²) in [6.45, 7) is 1.99. The summed E-state index contributed by atoms with van der Waals surface area (Å²) < 4.78 is 20.4. The molecule has 1 amide bonds. The van der Waals surface area contributed by atoms with Crippen LogP contribution in [0.25, 0.3) is 5.69 Å². The molecule has 1 aromatic carbocycles. The molecule has 3 aromatic rings. The van der Waals surface area contributed by atoms with Crippen LogP contribution >= 0.6 is 0 Å². The molecule has 0 saturated carbocycles. The summed E-state index contributed by atoms with van der Waals surface area (Å²) in [6.07, 6.45) is 7.07. The molecule has 0 radical (unpaired) electrons. The van der Waals surface area contributed by atoms with Gasteiger partial charge < -0.3 is 9.73 Å².